The minimum atomic E-state index is -1.45. The predicted molar refractivity (Wildman–Crippen MR) is 101 cm³/mol. The second-order valence-corrected chi connectivity index (χ2v) is 8.07. The van der Waals surface area contributed by atoms with Crippen LogP contribution in [-0.2, 0) is 24.7 Å². The van der Waals surface area contributed by atoms with E-state index in [1.807, 2.05) is 6.92 Å². The summed E-state index contributed by atoms with van der Waals surface area (Å²) in [4.78, 5) is 40.6. The van der Waals surface area contributed by atoms with Gasteiger partial charge in [0.2, 0.25) is 17.7 Å². The summed E-state index contributed by atoms with van der Waals surface area (Å²) in [5.74, 6) is -3.09. The summed E-state index contributed by atoms with van der Waals surface area (Å²) in [5, 5.41) is 16.6. The summed E-state index contributed by atoms with van der Waals surface area (Å²) in [5.41, 5.74) is 0.346. The third-order valence-corrected chi connectivity index (χ3v) is 6.28. The molecule has 0 radical (unpaired) electrons. The lowest BCUT2D eigenvalue weighted by Crippen LogP contribution is -2.55. The highest BCUT2D eigenvalue weighted by atomic mass is 35.5. The highest BCUT2D eigenvalue weighted by Gasteiger charge is 2.71. The SMILES string of the molecule is COCCN1C(=O)[C@@H]2[C@H]([C@H](C)O)N[C@@]3(C(=O)Nc4c(Cl)cc(C)cc43)[C@@H]2C1=O. The third-order valence-electron chi connectivity index (χ3n) is 5.98. The number of amides is 3. The molecule has 9 heteroatoms. The van der Waals surface area contributed by atoms with E-state index in [0.29, 0.717) is 16.3 Å². The zero-order valence-electron chi connectivity index (χ0n) is 15.8. The molecule has 150 valence electrons. The molecule has 5 atom stereocenters. The van der Waals surface area contributed by atoms with Crippen LogP contribution in [0.2, 0.25) is 5.02 Å². The van der Waals surface area contributed by atoms with E-state index in [2.05, 4.69) is 10.6 Å². The van der Waals surface area contributed by atoms with Crippen molar-refractivity contribution in [1.29, 1.82) is 0 Å². The number of aliphatic hydroxyl groups excluding tert-OH is 1. The summed E-state index contributed by atoms with van der Waals surface area (Å²) < 4.78 is 5.01. The third kappa shape index (κ3) is 2.38. The Balaban J connectivity index is 1.89. The Labute approximate surface area is 167 Å². The Morgan fingerprint density at radius 3 is 2.68 bits per heavy atom. The van der Waals surface area contributed by atoms with Crippen molar-refractivity contribution < 1.29 is 24.2 Å². The van der Waals surface area contributed by atoms with Gasteiger partial charge in [0.15, 0.2) is 0 Å². The van der Waals surface area contributed by atoms with Gasteiger partial charge in [0.1, 0.15) is 5.54 Å². The van der Waals surface area contributed by atoms with E-state index in [1.165, 1.54) is 7.11 Å². The molecule has 2 saturated heterocycles. The number of rotatable bonds is 4. The normalized spacial score (nSPS) is 32.1. The Morgan fingerprint density at radius 1 is 1.32 bits per heavy atom. The molecule has 8 nitrogen and oxygen atoms in total. The van der Waals surface area contributed by atoms with Crippen LogP contribution in [0.15, 0.2) is 12.1 Å². The zero-order chi connectivity index (χ0) is 20.4. The second-order valence-electron chi connectivity index (χ2n) is 7.67. The van der Waals surface area contributed by atoms with E-state index in [9.17, 15) is 19.5 Å². The molecule has 1 aromatic carbocycles. The lowest BCUT2D eigenvalue weighted by atomic mass is 9.76. The molecule has 3 heterocycles. The molecule has 0 aliphatic carbocycles. The molecule has 1 spiro atoms. The molecular formula is C19H22ClN3O5. The van der Waals surface area contributed by atoms with Crippen molar-refractivity contribution in [2.24, 2.45) is 11.8 Å². The van der Waals surface area contributed by atoms with Gasteiger partial charge in [-0.1, -0.05) is 17.7 Å². The Bertz CT molecular complexity index is 889. The maximum Gasteiger partial charge on any atom is 0.250 e. The Morgan fingerprint density at radius 2 is 2.04 bits per heavy atom. The smallest absolute Gasteiger partial charge is 0.250 e. The fourth-order valence-electron chi connectivity index (χ4n) is 4.80. The largest absolute Gasteiger partial charge is 0.392 e. The van der Waals surface area contributed by atoms with Crippen molar-refractivity contribution >= 4 is 35.0 Å². The van der Waals surface area contributed by atoms with Gasteiger partial charge < -0.3 is 15.2 Å². The fourth-order valence-corrected chi connectivity index (χ4v) is 5.12. The first kappa shape index (κ1) is 19.3. The van der Waals surface area contributed by atoms with E-state index in [1.54, 1.807) is 19.1 Å². The van der Waals surface area contributed by atoms with E-state index in [4.69, 9.17) is 16.3 Å². The molecule has 4 rings (SSSR count). The molecule has 3 N–H and O–H groups in total. The van der Waals surface area contributed by atoms with Crippen LogP contribution in [0, 0.1) is 18.8 Å². The number of carbonyl (C=O) groups excluding carboxylic acids is 3. The molecule has 1 aromatic rings. The number of aryl methyl sites for hydroxylation is 1. The Kier molecular flexibility index (Phi) is 4.50. The van der Waals surface area contributed by atoms with E-state index in [-0.39, 0.29) is 13.2 Å². The highest BCUT2D eigenvalue weighted by Crippen LogP contribution is 2.54. The number of likely N-dealkylation sites (tertiary alicyclic amines) is 1. The number of ether oxygens (including phenoxy) is 1. The minimum absolute atomic E-state index is 0.104. The average Bonchev–Trinajstić information content (AvgIpc) is 3.21. The van der Waals surface area contributed by atoms with Crippen molar-refractivity contribution in [1.82, 2.24) is 10.2 Å². The van der Waals surface area contributed by atoms with Crippen molar-refractivity contribution in [2.75, 3.05) is 25.6 Å². The quantitative estimate of drug-likeness (QED) is 0.623. The first-order valence-corrected chi connectivity index (χ1v) is 9.53. The lowest BCUT2D eigenvalue weighted by Gasteiger charge is -2.30. The van der Waals surface area contributed by atoms with Crippen LogP contribution in [0.1, 0.15) is 18.1 Å². The van der Waals surface area contributed by atoms with Gasteiger partial charge in [0, 0.05) is 18.7 Å². The molecule has 2 fully saturated rings. The number of imide groups is 1. The predicted octanol–water partition coefficient (Wildman–Crippen LogP) is 0.396. The van der Waals surface area contributed by atoms with Gasteiger partial charge in [-0.25, -0.2) is 0 Å². The molecular weight excluding hydrogens is 386 g/mol. The number of nitrogens with one attached hydrogen (secondary N) is 2. The van der Waals surface area contributed by atoms with E-state index >= 15 is 0 Å². The zero-order valence-corrected chi connectivity index (χ0v) is 16.5. The standard InChI is InChI=1S/C19H22ClN3O5/c1-8-6-10-15(11(20)7-8)21-18(27)19(10)13-12(14(22-19)9(2)24)16(25)23(17(13)26)4-5-28-3/h6-7,9,12-14,22,24H,4-5H2,1-3H3,(H,21,27)/t9-,12-,13-,14-,19+/m0/s1. The molecule has 0 saturated carbocycles. The number of carbonyl (C=O) groups is 3. The molecule has 0 aromatic heterocycles. The number of halogens is 1. The van der Waals surface area contributed by atoms with Crippen LogP contribution < -0.4 is 10.6 Å². The van der Waals surface area contributed by atoms with Crippen molar-refractivity contribution in [3.8, 4) is 0 Å². The van der Waals surface area contributed by atoms with Crippen LogP contribution in [-0.4, -0.2) is 60.1 Å². The number of methoxy groups -OCH3 is 1. The van der Waals surface area contributed by atoms with Gasteiger partial charge in [-0.2, -0.15) is 0 Å². The van der Waals surface area contributed by atoms with Gasteiger partial charge in [0.25, 0.3) is 0 Å². The summed E-state index contributed by atoms with van der Waals surface area (Å²) in [6.07, 6.45) is -0.942. The van der Waals surface area contributed by atoms with Crippen molar-refractivity contribution in [3.05, 3.63) is 28.3 Å². The summed E-state index contributed by atoms with van der Waals surface area (Å²) >= 11 is 6.34. The number of hydrogen-bond donors (Lipinski definition) is 3. The second kappa shape index (κ2) is 6.52. The van der Waals surface area contributed by atoms with Gasteiger partial charge in [0.05, 0.1) is 41.8 Å². The highest BCUT2D eigenvalue weighted by molar-refractivity contribution is 6.35. The molecule has 0 bridgehead atoms. The number of aliphatic hydroxyl groups is 1. The lowest BCUT2D eigenvalue weighted by molar-refractivity contribution is -0.143. The molecule has 3 amide bonds. The van der Waals surface area contributed by atoms with Crippen LogP contribution >= 0.6 is 11.6 Å². The topological polar surface area (TPSA) is 108 Å². The maximum absolute atomic E-state index is 13.3. The number of nitrogens with zero attached hydrogens (tertiary/aromatic N) is 1. The average molecular weight is 408 g/mol. The molecule has 28 heavy (non-hydrogen) atoms. The summed E-state index contributed by atoms with van der Waals surface area (Å²) in [6.45, 7) is 3.69. The number of benzene rings is 1. The van der Waals surface area contributed by atoms with Gasteiger partial charge >= 0.3 is 0 Å². The van der Waals surface area contributed by atoms with Crippen LogP contribution in [0.25, 0.3) is 0 Å². The van der Waals surface area contributed by atoms with Gasteiger partial charge in [-0.15, -0.1) is 0 Å². The fraction of sp³-hybridized carbons (Fsp3) is 0.526. The van der Waals surface area contributed by atoms with Crippen LogP contribution in [0.5, 0.6) is 0 Å². The molecule has 3 aliphatic heterocycles. The van der Waals surface area contributed by atoms with Crippen LogP contribution in [0.4, 0.5) is 5.69 Å². The Hall–Kier alpha value is -2.00. The monoisotopic (exact) mass is 407 g/mol. The molecule has 0 unspecified atom stereocenters. The number of fused-ring (bicyclic) bond motifs is 4. The molecule has 3 aliphatic rings. The maximum atomic E-state index is 13.3. The van der Waals surface area contributed by atoms with Crippen molar-refractivity contribution in [2.45, 2.75) is 31.5 Å². The summed E-state index contributed by atoms with van der Waals surface area (Å²) in [7, 11) is 1.49. The van der Waals surface area contributed by atoms with E-state index in [0.717, 1.165) is 10.5 Å². The van der Waals surface area contributed by atoms with Gasteiger partial charge in [-0.3, -0.25) is 24.6 Å². The van der Waals surface area contributed by atoms with Gasteiger partial charge in [-0.05, 0) is 25.5 Å². The summed E-state index contributed by atoms with van der Waals surface area (Å²) in [6, 6.07) is 2.78. The minimum Gasteiger partial charge on any atom is -0.392 e. The number of hydrogen-bond acceptors (Lipinski definition) is 6. The first-order chi connectivity index (χ1) is 13.2. The van der Waals surface area contributed by atoms with Crippen molar-refractivity contribution in [3.63, 3.8) is 0 Å². The van der Waals surface area contributed by atoms with E-state index < -0.39 is 47.2 Å². The first-order valence-electron chi connectivity index (χ1n) is 9.16. The van der Waals surface area contributed by atoms with Crippen LogP contribution in [0.3, 0.4) is 0 Å². The number of anilines is 1.